The molecule has 3 amide bonds. The number of hydrogen-bond acceptors (Lipinski definition) is 5. The fourth-order valence-electron chi connectivity index (χ4n) is 5.55. The third-order valence-corrected chi connectivity index (χ3v) is 6.09. The number of hydrogen-bond donors (Lipinski definition) is 3. The zero-order valence-corrected chi connectivity index (χ0v) is 15.1. The van der Waals surface area contributed by atoms with E-state index in [1.165, 1.54) is 43.5 Å². The second-order valence-electron chi connectivity index (χ2n) is 8.33. The van der Waals surface area contributed by atoms with Crippen LogP contribution in [0.4, 0.5) is 4.79 Å². The molecule has 1 aromatic rings. The maximum atomic E-state index is 12.3. The van der Waals surface area contributed by atoms with Gasteiger partial charge in [0.05, 0.1) is 5.56 Å². The van der Waals surface area contributed by atoms with Crippen molar-refractivity contribution in [1.29, 1.82) is 0 Å². The first-order valence-corrected chi connectivity index (χ1v) is 9.49. The average Bonchev–Trinajstić information content (AvgIpc) is 2.57. The molecule has 7 heteroatoms. The normalized spacial score (nSPS) is 30.6. The number of rotatable bonds is 4. The van der Waals surface area contributed by atoms with E-state index in [0.717, 1.165) is 19.3 Å². The third kappa shape index (κ3) is 3.91. The Hall–Kier alpha value is -2.57. The summed E-state index contributed by atoms with van der Waals surface area (Å²) in [6.45, 7) is -0.553. The molecule has 4 aliphatic rings. The van der Waals surface area contributed by atoms with Crippen LogP contribution in [-0.4, -0.2) is 35.2 Å². The van der Waals surface area contributed by atoms with Crippen molar-refractivity contribution in [3.63, 3.8) is 0 Å². The number of carbonyl (C=O) groups is 3. The first-order valence-electron chi connectivity index (χ1n) is 9.49. The van der Waals surface area contributed by atoms with Gasteiger partial charge in [-0.1, -0.05) is 6.07 Å². The van der Waals surface area contributed by atoms with E-state index in [9.17, 15) is 19.5 Å². The maximum Gasteiger partial charge on any atom is 0.338 e. The molecular weight excluding hydrogens is 348 g/mol. The van der Waals surface area contributed by atoms with E-state index in [4.69, 9.17) is 4.74 Å². The van der Waals surface area contributed by atoms with Gasteiger partial charge < -0.3 is 15.2 Å². The van der Waals surface area contributed by atoms with Crippen LogP contribution in [0.3, 0.4) is 0 Å². The number of urea groups is 1. The van der Waals surface area contributed by atoms with Crippen LogP contribution in [0.2, 0.25) is 0 Å². The molecule has 4 bridgehead atoms. The molecule has 4 saturated carbocycles. The van der Waals surface area contributed by atoms with Gasteiger partial charge in [0.15, 0.2) is 6.61 Å². The lowest BCUT2D eigenvalue weighted by molar-refractivity contribution is -0.123. The summed E-state index contributed by atoms with van der Waals surface area (Å²) in [4.78, 5) is 36.1. The van der Waals surface area contributed by atoms with E-state index in [2.05, 4.69) is 10.6 Å². The molecular formula is C20H24N2O5. The van der Waals surface area contributed by atoms with Crippen molar-refractivity contribution in [2.24, 2.45) is 17.8 Å². The second-order valence-corrected chi connectivity index (χ2v) is 8.33. The minimum absolute atomic E-state index is 0.0659. The molecule has 4 fully saturated rings. The Bertz CT molecular complexity index is 740. The highest BCUT2D eigenvalue weighted by molar-refractivity contribution is 5.97. The predicted octanol–water partition coefficient (Wildman–Crippen LogP) is 2.34. The van der Waals surface area contributed by atoms with Crippen LogP contribution in [0.25, 0.3) is 0 Å². The van der Waals surface area contributed by atoms with E-state index in [1.54, 1.807) is 0 Å². The monoisotopic (exact) mass is 372 g/mol. The van der Waals surface area contributed by atoms with Crippen molar-refractivity contribution >= 4 is 17.9 Å². The van der Waals surface area contributed by atoms with Gasteiger partial charge in [0.25, 0.3) is 5.91 Å². The average molecular weight is 372 g/mol. The van der Waals surface area contributed by atoms with Crippen LogP contribution in [0.5, 0.6) is 5.75 Å². The zero-order valence-electron chi connectivity index (χ0n) is 15.1. The molecule has 4 aliphatic carbocycles. The molecule has 27 heavy (non-hydrogen) atoms. The van der Waals surface area contributed by atoms with Crippen LogP contribution >= 0.6 is 0 Å². The first-order chi connectivity index (χ1) is 12.9. The summed E-state index contributed by atoms with van der Waals surface area (Å²) in [5.41, 5.74) is -0.0435. The third-order valence-electron chi connectivity index (χ3n) is 6.09. The topological polar surface area (TPSA) is 105 Å². The molecule has 0 atom stereocenters. The summed E-state index contributed by atoms with van der Waals surface area (Å²) >= 11 is 0. The number of aromatic hydroxyl groups is 1. The Morgan fingerprint density at radius 2 is 1.70 bits per heavy atom. The van der Waals surface area contributed by atoms with Gasteiger partial charge >= 0.3 is 12.0 Å². The van der Waals surface area contributed by atoms with Gasteiger partial charge in [0.1, 0.15) is 5.75 Å². The Labute approximate surface area is 157 Å². The minimum Gasteiger partial charge on any atom is -0.508 e. The summed E-state index contributed by atoms with van der Waals surface area (Å²) in [7, 11) is 0. The Kier molecular flexibility index (Phi) is 4.53. The van der Waals surface area contributed by atoms with Crippen LogP contribution in [0.15, 0.2) is 24.3 Å². The van der Waals surface area contributed by atoms with E-state index in [1.807, 2.05) is 0 Å². The number of imide groups is 1. The standard InChI is InChI=1S/C20H24N2O5/c23-16-3-1-2-15(7-16)18(25)27-11-17(24)21-19(26)22-20-8-12-4-13(9-20)6-14(5-12)10-20/h1-3,7,12-14,23H,4-6,8-11H2,(H2,21,22,24,26). The molecule has 0 heterocycles. The van der Waals surface area contributed by atoms with Gasteiger partial charge in [-0.3, -0.25) is 10.1 Å². The summed E-state index contributed by atoms with van der Waals surface area (Å²) in [5, 5.41) is 14.7. The van der Waals surface area contributed by atoms with Crippen molar-refractivity contribution in [2.45, 2.75) is 44.1 Å². The van der Waals surface area contributed by atoms with E-state index in [-0.39, 0.29) is 16.9 Å². The number of amides is 3. The number of benzene rings is 1. The molecule has 0 aromatic heterocycles. The molecule has 144 valence electrons. The summed E-state index contributed by atoms with van der Waals surface area (Å²) in [5.74, 6) is 0.596. The minimum atomic E-state index is -0.734. The molecule has 0 unspecified atom stereocenters. The van der Waals surface area contributed by atoms with Crippen LogP contribution in [0.1, 0.15) is 48.9 Å². The highest BCUT2D eigenvalue weighted by Gasteiger charge is 2.51. The Balaban J connectivity index is 1.26. The van der Waals surface area contributed by atoms with Gasteiger partial charge in [-0.15, -0.1) is 0 Å². The highest BCUT2D eigenvalue weighted by atomic mass is 16.5. The molecule has 0 saturated heterocycles. The van der Waals surface area contributed by atoms with Gasteiger partial charge in [-0.25, -0.2) is 9.59 Å². The molecule has 3 N–H and O–H groups in total. The number of nitrogens with one attached hydrogen (secondary N) is 2. The van der Waals surface area contributed by atoms with Crippen molar-refractivity contribution in [2.75, 3.05) is 6.61 Å². The number of esters is 1. The van der Waals surface area contributed by atoms with Crippen LogP contribution in [0, 0.1) is 17.8 Å². The van der Waals surface area contributed by atoms with Gasteiger partial charge in [-0.2, -0.15) is 0 Å². The lowest BCUT2D eigenvalue weighted by Crippen LogP contribution is -2.62. The van der Waals surface area contributed by atoms with Gasteiger partial charge in [-0.05, 0) is 74.5 Å². The number of carbonyl (C=O) groups excluding carboxylic acids is 3. The van der Waals surface area contributed by atoms with Crippen molar-refractivity contribution in [1.82, 2.24) is 10.6 Å². The predicted molar refractivity (Wildman–Crippen MR) is 96.0 cm³/mol. The van der Waals surface area contributed by atoms with Crippen molar-refractivity contribution in [3.05, 3.63) is 29.8 Å². The smallest absolute Gasteiger partial charge is 0.338 e. The molecule has 0 spiro atoms. The molecule has 1 aromatic carbocycles. The first kappa shape index (κ1) is 17.8. The lowest BCUT2D eigenvalue weighted by Gasteiger charge is -2.56. The van der Waals surface area contributed by atoms with Gasteiger partial charge in [0.2, 0.25) is 0 Å². The van der Waals surface area contributed by atoms with E-state index in [0.29, 0.717) is 17.8 Å². The van der Waals surface area contributed by atoms with Gasteiger partial charge in [0, 0.05) is 5.54 Å². The van der Waals surface area contributed by atoms with Crippen molar-refractivity contribution in [3.8, 4) is 5.75 Å². The summed E-state index contributed by atoms with van der Waals surface area (Å²) in [6.07, 6.45) is 6.79. The van der Waals surface area contributed by atoms with Crippen LogP contribution in [-0.2, 0) is 9.53 Å². The zero-order chi connectivity index (χ0) is 19.0. The fraction of sp³-hybridized carbons (Fsp3) is 0.550. The molecule has 5 rings (SSSR count). The molecule has 0 radical (unpaired) electrons. The van der Waals surface area contributed by atoms with Crippen molar-refractivity contribution < 1.29 is 24.2 Å². The van der Waals surface area contributed by atoms with E-state index >= 15 is 0 Å². The number of phenolic OH excluding ortho intramolecular Hbond substituents is 1. The summed E-state index contributed by atoms with van der Waals surface area (Å²) in [6, 6.07) is 5.14. The largest absolute Gasteiger partial charge is 0.508 e. The lowest BCUT2D eigenvalue weighted by atomic mass is 9.53. The number of phenols is 1. The Morgan fingerprint density at radius 1 is 1.07 bits per heavy atom. The fourth-order valence-corrected chi connectivity index (χ4v) is 5.55. The SMILES string of the molecule is O=C(COC(=O)c1cccc(O)c1)NC(=O)NC12CC3CC(CC(C3)C1)C2. The van der Waals surface area contributed by atoms with E-state index < -0.39 is 24.5 Å². The quantitative estimate of drug-likeness (QED) is 0.704. The molecule has 7 nitrogen and oxygen atoms in total. The maximum absolute atomic E-state index is 12.3. The van der Waals surface area contributed by atoms with Crippen LogP contribution < -0.4 is 10.6 Å². The number of ether oxygens (including phenoxy) is 1. The summed E-state index contributed by atoms with van der Waals surface area (Å²) < 4.78 is 4.90. The molecule has 0 aliphatic heterocycles. The second kappa shape index (κ2) is 6.87. The Morgan fingerprint density at radius 3 is 2.30 bits per heavy atom. The highest BCUT2D eigenvalue weighted by Crippen LogP contribution is 2.55.